The fraction of sp³-hybridized carbons (Fsp3) is 0.533. The van der Waals surface area contributed by atoms with E-state index in [1.165, 1.54) is 11.1 Å². The highest BCUT2D eigenvalue weighted by Gasteiger charge is 2.09. The van der Waals surface area contributed by atoms with Gasteiger partial charge in [-0.25, -0.2) is 0 Å². The summed E-state index contributed by atoms with van der Waals surface area (Å²) in [7, 11) is 0. The lowest BCUT2D eigenvalue weighted by Crippen LogP contribution is -2.02. The molecule has 1 aliphatic carbocycles. The summed E-state index contributed by atoms with van der Waals surface area (Å²) < 4.78 is 0. The molecule has 88 valence electrons. The van der Waals surface area contributed by atoms with Gasteiger partial charge in [0.05, 0.1) is 0 Å². The minimum absolute atomic E-state index is 0.198. The number of carbonyl (C=O) groups excluding carboxylic acids is 1. The highest BCUT2D eigenvalue weighted by Crippen LogP contribution is 2.19. The van der Waals surface area contributed by atoms with Gasteiger partial charge >= 0.3 is 0 Å². The van der Waals surface area contributed by atoms with Crippen LogP contribution < -0.4 is 0 Å². The summed E-state index contributed by atoms with van der Waals surface area (Å²) in [6.45, 7) is 8.26. The zero-order valence-electron chi connectivity index (χ0n) is 10.9. The quantitative estimate of drug-likeness (QED) is 0.436. The van der Waals surface area contributed by atoms with Crippen molar-refractivity contribution >= 4 is 5.78 Å². The summed E-state index contributed by atoms with van der Waals surface area (Å²) in [5.41, 5.74) is 4.71. The van der Waals surface area contributed by atoms with Crippen molar-refractivity contribution in [1.82, 2.24) is 0 Å². The normalized spacial score (nSPS) is 25.5. The molecule has 0 amide bonds. The number of carbonyl (C=O) groups is 1. The predicted octanol–water partition coefficient (Wildman–Crippen LogP) is 4.36. The molecule has 0 aromatic rings. The molecular weight excluding hydrogens is 196 g/mol. The lowest BCUT2D eigenvalue weighted by molar-refractivity contribution is -0.111. The second kappa shape index (κ2) is 5.83. The van der Waals surface area contributed by atoms with Crippen LogP contribution in [-0.4, -0.2) is 5.78 Å². The van der Waals surface area contributed by atoms with Crippen LogP contribution in [0.2, 0.25) is 0 Å². The number of ketones is 1. The monoisotopic (exact) mass is 218 g/mol. The van der Waals surface area contributed by atoms with Crippen LogP contribution >= 0.6 is 0 Å². The molecular formula is C15H22O. The molecule has 0 fully saturated rings. The summed E-state index contributed by atoms with van der Waals surface area (Å²) in [5.74, 6) is 0.198. The van der Waals surface area contributed by atoms with Crippen LogP contribution in [0, 0.1) is 0 Å². The van der Waals surface area contributed by atoms with Gasteiger partial charge in [0.2, 0.25) is 0 Å². The lowest BCUT2D eigenvalue weighted by Gasteiger charge is -2.09. The van der Waals surface area contributed by atoms with Crippen molar-refractivity contribution < 1.29 is 4.79 Å². The maximum atomic E-state index is 12.0. The Bertz CT molecular complexity index is 363. The van der Waals surface area contributed by atoms with Gasteiger partial charge in [-0.05, 0) is 59.5 Å². The molecule has 0 unspecified atom stereocenters. The van der Waals surface area contributed by atoms with Crippen molar-refractivity contribution in [2.24, 2.45) is 0 Å². The van der Waals surface area contributed by atoms with Gasteiger partial charge in [-0.1, -0.05) is 22.8 Å². The molecule has 0 bridgehead atoms. The summed E-state index contributed by atoms with van der Waals surface area (Å²) in [5, 5.41) is 0. The van der Waals surface area contributed by atoms with Crippen molar-refractivity contribution in [2.75, 3.05) is 0 Å². The van der Waals surface area contributed by atoms with Crippen molar-refractivity contribution in [1.29, 1.82) is 0 Å². The van der Waals surface area contributed by atoms with E-state index in [0.29, 0.717) is 0 Å². The Morgan fingerprint density at radius 3 is 2.38 bits per heavy atom. The molecule has 0 N–H and O–H groups in total. The van der Waals surface area contributed by atoms with Gasteiger partial charge in [-0.2, -0.15) is 0 Å². The van der Waals surface area contributed by atoms with Crippen molar-refractivity contribution in [3.05, 3.63) is 34.4 Å². The molecule has 0 aromatic carbocycles. The standard InChI is InChI=1S/C15H22O/c1-11(2)14-9-8-12(3)6-5-7-13(4)10-15(14)16/h8,10H,5-7,9H2,1-4H3/b12-8+,13-10+. The maximum absolute atomic E-state index is 12.0. The van der Waals surface area contributed by atoms with E-state index in [0.717, 1.165) is 36.8 Å². The highest BCUT2D eigenvalue weighted by atomic mass is 16.1. The smallest absolute Gasteiger partial charge is 0.182 e. The Balaban J connectivity index is 3.02. The van der Waals surface area contributed by atoms with Crippen LogP contribution in [0.4, 0.5) is 0 Å². The number of allylic oxidation sites excluding steroid dienone is 6. The van der Waals surface area contributed by atoms with E-state index in [1.54, 1.807) is 0 Å². The second-order valence-electron chi connectivity index (χ2n) is 4.94. The highest BCUT2D eigenvalue weighted by molar-refractivity contribution is 6.05. The first kappa shape index (κ1) is 13.0. The Morgan fingerprint density at radius 2 is 1.75 bits per heavy atom. The molecule has 0 atom stereocenters. The van der Waals surface area contributed by atoms with E-state index >= 15 is 0 Å². The fourth-order valence-electron chi connectivity index (χ4n) is 1.96. The Kier molecular flexibility index (Phi) is 4.72. The molecule has 1 nitrogen and oxygen atoms in total. The van der Waals surface area contributed by atoms with Crippen LogP contribution in [0.5, 0.6) is 0 Å². The summed E-state index contributed by atoms with van der Waals surface area (Å²) in [6, 6.07) is 0. The van der Waals surface area contributed by atoms with Gasteiger partial charge in [0.1, 0.15) is 0 Å². The molecule has 0 saturated heterocycles. The molecule has 0 saturated carbocycles. The maximum Gasteiger partial charge on any atom is 0.182 e. The molecule has 0 aromatic heterocycles. The van der Waals surface area contributed by atoms with E-state index in [1.807, 2.05) is 19.9 Å². The van der Waals surface area contributed by atoms with Crippen LogP contribution in [0.3, 0.4) is 0 Å². The van der Waals surface area contributed by atoms with E-state index in [4.69, 9.17) is 0 Å². The van der Waals surface area contributed by atoms with Crippen LogP contribution in [-0.2, 0) is 4.79 Å². The average molecular weight is 218 g/mol. The molecule has 1 heteroatoms. The largest absolute Gasteiger partial charge is 0.290 e. The summed E-state index contributed by atoms with van der Waals surface area (Å²) >= 11 is 0. The van der Waals surface area contributed by atoms with Crippen LogP contribution in [0.15, 0.2) is 34.4 Å². The summed E-state index contributed by atoms with van der Waals surface area (Å²) in [4.78, 5) is 12.0. The minimum Gasteiger partial charge on any atom is -0.290 e. The average Bonchev–Trinajstić information content (AvgIpc) is 2.16. The zero-order valence-corrected chi connectivity index (χ0v) is 10.9. The molecule has 1 aliphatic rings. The van der Waals surface area contributed by atoms with Gasteiger partial charge in [0, 0.05) is 5.57 Å². The van der Waals surface area contributed by atoms with Crippen LogP contribution in [0.1, 0.15) is 53.4 Å². The molecule has 1 rings (SSSR count). The fourth-order valence-corrected chi connectivity index (χ4v) is 1.96. The van der Waals surface area contributed by atoms with Gasteiger partial charge in [0.15, 0.2) is 5.78 Å². The molecule has 0 spiro atoms. The first-order chi connectivity index (χ1) is 7.50. The SMILES string of the molecule is CC(C)=C1C/C=C(\C)CCC/C(C)=C/C1=O. The van der Waals surface area contributed by atoms with Gasteiger partial charge in [-0.15, -0.1) is 0 Å². The molecule has 0 heterocycles. The van der Waals surface area contributed by atoms with E-state index in [-0.39, 0.29) is 5.78 Å². The topological polar surface area (TPSA) is 17.1 Å². The third kappa shape index (κ3) is 3.80. The Morgan fingerprint density at radius 1 is 1.12 bits per heavy atom. The molecule has 0 radical (unpaired) electrons. The van der Waals surface area contributed by atoms with E-state index in [9.17, 15) is 4.79 Å². The molecule has 0 aliphatic heterocycles. The zero-order chi connectivity index (χ0) is 12.1. The lowest BCUT2D eigenvalue weighted by atomic mass is 9.95. The first-order valence-electron chi connectivity index (χ1n) is 6.04. The molecule has 16 heavy (non-hydrogen) atoms. The number of rotatable bonds is 0. The second-order valence-corrected chi connectivity index (χ2v) is 4.94. The third-order valence-electron chi connectivity index (χ3n) is 3.08. The Labute approximate surface area is 98.9 Å². The number of hydrogen-bond donors (Lipinski definition) is 0. The van der Waals surface area contributed by atoms with E-state index < -0.39 is 0 Å². The van der Waals surface area contributed by atoms with E-state index in [2.05, 4.69) is 19.9 Å². The van der Waals surface area contributed by atoms with Gasteiger partial charge < -0.3 is 0 Å². The Hall–Kier alpha value is -1.11. The van der Waals surface area contributed by atoms with Crippen LogP contribution in [0.25, 0.3) is 0 Å². The van der Waals surface area contributed by atoms with Crippen molar-refractivity contribution in [2.45, 2.75) is 53.4 Å². The van der Waals surface area contributed by atoms with Crippen molar-refractivity contribution in [3.63, 3.8) is 0 Å². The van der Waals surface area contributed by atoms with Gasteiger partial charge in [-0.3, -0.25) is 4.79 Å². The third-order valence-corrected chi connectivity index (χ3v) is 3.08. The van der Waals surface area contributed by atoms with Gasteiger partial charge in [0.25, 0.3) is 0 Å². The van der Waals surface area contributed by atoms with Crippen molar-refractivity contribution in [3.8, 4) is 0 Å². The first-order valence-corrected chi connectivity index (χ1v) is 6.04. The minimum atomic E-state index is 0.198. The predicted molar refractivity (Wildman–Crippen MR) is 69.4 cm³/mol. The number of hydrogen-bond acceptors (Lipinski definition) is 1. The summed E-state index contributed by atoms with van der Waals surface area (Å²) in [6.07, 6.45) is 8.15.